The molecule has 20 heavy (non-hydrogen) atoms. The highest BCUT2D eigenvalue weighted by molar-refractivity contribution is 6.40. The van der Waals surface area contributed by atoms with Gasteiger partial charge in [0.05, 0.1) is 11.4 Å². The molecule has 0 bridgehead atoms. The first-order chi connectivity index (χ1) is 9.75. The van der Waals surface area contributed by atoms with Gasteiger partial charge in [0.2, 0.25) is 0 Å². The molecule has 0 unspecified atom stereocenters. The van der Waals surface area contributed by atoms with E-state index in [2.05, 4.69) is 9.97 Å². The molecular weight excluding hydrogens is 291 g/mol. The van der Waals surface area contributed by atoms with E-state index in [-0.39, 0.29) is 10.3 Å². The average Bonchev–Trinajstić information content (AvgIpc) is 2.51. The van der Waals surface area contributed by atoms with Crippen molar-refractivity contribution in [2.75, 3.05) is 0 Å². The first-order valence-corrected chi connectivity index (χ1v) is 6.85. The Hall–Kier alpha value is -1.90. The van der Waals surface area contributed by atoms with Crippen molar-refractivity contribution in [3.63, 3.8) is 0 Å². The van der Waals surface area contributed by atoms with E-state index in [9.17, 15) is 0 Å². The number of nitrogens with zero attached hydrogens (tertiary/aromatic N) is 2. The molecule has 0 radical (unpaired) electrons. The van der Waals surface area contributed by atoms with E-state index in [0.29, 0.717) is 0 Å². The van der Waals surface area contributed by atoms with Gasteiger partial charge < -0.3 is 0 Å². The lowest BCUT2D eigenvalue weighted by Gasteiger charge is -2.09. The van der Waals surface area contributed by atoms with E-state index < -0.39 is 0 Å². The van der Waals surface area contributed by atoms with Gasteiger partial charge in [-0.25, -0.2) is 9.97 Å². The highest BCUT2D eigenvalue weighted by Gasteiger charge is 2.14. The summed E-state index contributed by atoms with van der Waals surface area (Å²) in [6.45, 7) is 0. The zero-order chi connectivity index (χ0) is 13.9. The van der Waals surface area contributed by atoms with Gasteiger partial charge in [-0.15, -0.1) is 0 Å². The van der Waals surface area contributed by atoms with Crippen LogP contribution in [0.2, 0.25) is 10.3 Å². The van der Waals surface area contributed by atoms with Gasteiger partial charge in [-0.1, -0.05) is 83.9 Å². The fraction of sp³-hybridized carbons (Fsp3) is 0. The second kappa shape index (κ2) is 5.61. The van der Waals surface area contributed by atoms with E-state index in [1.807, 2.05) is 60.7 Å². The van der Waals surface area contributed by atoms with Gasteiger partial charge >= 0.3 is 0 Å². The minimum Gasteiger partial charge on any atom is -0.231 e. The molecular formula is C16H10Cl2N2. The van der Waals surface area contributed by atoms with E-state index in [1.165, 1.54) is 0 Å². The standard InChI is InChI=1S/C16H10Cl2N2/c17-15-16(18)20-14(12-9-5-2-6-10-12)13(19-15)11-7-3-1-4-8-11/h1-10H. The molecule has 0 atom stereocenters. The lowest BCUT2D eigenvalue weighted by Crippen LogP contribution is -1.95. The zero-order valence-corrected chi connectivity index (χ0v) is 11.9. The maximum atomic E-state index is 6.02. The molecule has 0 saturated heterocycles. The number of aromatic nitrogens is 2. The van der Waals surface area contributed by atoms with Crippen molar-refractivity contribution in [3.8, 4) is 22.5 Å². The molecule has 2 nitrogen and oxygen atoms in total. The Bertz CT molecular complexity index is 664. The quantitative estimate of drug-likeness (QED) is 0.656. The molecule has 0 saturated carbocycles. The summed E-state index contributed by atoms with van der Waals surface area (Å²) in [5.74, 6) is 0. The van der Waals surface area contributed by atoms with E-state index in [1.54, 1.807) is 0 Å². The maximum absolute atomic E-state index is 6.02. The van der Waals surface area contributed by atoms with Crippen molar-refractivity contribution in [2.24, 2.45) is 0 Å². The van der Waals surface area contributed by atoms with Crippen LogP contribution < -0.4 is 0 Å². The van der Waals surface area contributed by atoms with Gasteiger partial charge in [0.1, 0.15) is 0 Å². The van der Waals surface area contributed by atoms with Crippen molar-refractivity contribution >= 4 is 23.2 Å². The number of hydrogen-bond donors (Lipinski definition) is 0. The summed E-state index contributed by atoms with van der Waals surface area (Å²) < 4.78 is 0. The van der Waals surface area contributed by atoms with Gasteiger partial charge in [0.15, 0.2) is 10.3 Å². The second-order valence-corrected chi connectivity index (χ2v) is 4.95. The number of hydrogen-bond acceptors (Lipinski definition) is 2. The number of benzene rings is 2. The fourth-order valence-corrected chi connectivity index (χ4v) is 2.24. The molecule has 0 amide bonds. The van der Waals surface area contributed by atoms with Crippen LogP contribution in [0.3, 0.4) is 0 Å². The molecule has 0 aliphatic carbocycles. The molecule has 2 aromatic carbocycles. The van der Waals surface area contributed by atoms with Crippen LogP contribution in [0.4, 0.5) is 0 Å². The van der Waals surface area contributed by atoms with Crippen LogP contribution in [0.15, 0.2) is 60.7 Å². The second-order valence-electron chi connectivity index (χ2n) is 4.23. The van der Waals surface area contributed by atoms with Crippen LogP contribution in [0.5, 0.6) is 0 Å². The minimum absolute atomic E-state index is 0.213. The van der Waals surface area contributed by atoms with Gasteiger partial charge in [-0.3, -0.25) is 0 Å². The van der Waals surface area contributed by atoms with Crippen LogP contribution in [0, 0.1) is 0 Å². The maximum Gasteiger partial charge on any atom is 0.167 e. The molecule has 1 aromatic heterocycles. The third kappa shape index (κ3) is 2.53. The zero-order valence-electron chi connectivity index (χ0n) is 10.4. The summed E-state index contributed by atoms with van der Waals surface area (Å²) in [6.07, 6.45) is 0. The first kappa shape index (κ1) is 13.1. The van der Waals surface area contributed by atoms with Crippen LogP contribution in [0.25, 0.3) is 22.5 Å². The first-order valence-electron chi connectivity index (χ1n) is 6.09. The molecule has 0 N–H and O–H groups in total. The molecule has 4 heteroatoms. The predicted octanol–water partition coefficient (Wildman–Crippen LogP) is 5.12. The van der Waals surface area contributed by atoms with Crippen molar-refractivity contribution in [3.05, 3.63) is 71.0 Å². The van der Waals surface area contributed by atoms with Crippen molar-refractivity contribution in [1.82, 2.24) is 9.97 Å². The third-order valence-electron chi connectivity index (χ3n) is 2.91. The van der Waals surface area contributed by atoms with Gasteiger partial charge in [-0.05, 0) is 0 Å². The van der Waals surface area contributed by atoms with E-state index >= 15 is 0 Å². The lowest BCUT2D eigenvalue weighted by molar-refractivity contribution is 1.21. The van der Waals surface area contributed by atoms with Crippen LogP contribution in [-0.4, -0.2) is 9.97 Å². The summed E-state index contributed by atoms with van der Waals surface area (Å²) in [4.78, 5) is 8.78. The third-order valence-corrected chi connectivity index (χ3v) is 3.53. The van der Waals surface area contributed by atoms with Gasteiger partial charge in [0.25, 0.3) is 0 Å². The summed E-state index contributed by atoms with van der Waals surface area (Å²) in [5.41, 5.74) is 3.37. The normalized spacial score (nSPS) is 10.5. The molecule has 0 fully saturated rings. The van der Waals surface area contributed by atoms with Crippen molar-refractivity contribution in [1.29, 1.82) is 0 Å². The van der Waals surface area contributed by atoms with Crippen LogP contribution in [0.1, 0.15) is 0 Å². The Balaban J connectivity index is 2.26. The summed E-state index contributed by atoms with van der Waals surface area (Å²) >= 11 is 12.0. The SMILES string of the molecule is Clc1nc(-c2ccccc2)c(-c2ccccc2)nc1Cl. The Labute approximate surface area is 127 Å². The Morgan fingerprint density at radius 2 is 0.900 bits per heavy atom. The topological polar surface area (TPSA) is 25.8 Å². The average molecular weight is 301 g/mol. The van der Waals surface area contributed by atoms with E-state index in [0.717, 1.165) is 22.5 Å². The highest BCUT2D eigenvalue weighted by Crippen LogP contribution is 2.32. The monoisotopic (exact) mass is 300 g/mol. The summed E-state index contributed by atoms with van der Waals surface area (Å²) in [5, 5.41) is 0.426. The van der Waals surface area contributed by atoms with Gasteiger partial charge in [-0.2, -0.15) is 0 Å². The van der Waals surface area contributed by atoms with E-state index in [4.69, 9.17) is 23.2 Å². The summed E-state index contributed by atoms with van der Waals surface area (Å²) in [6, 6.07) is 19.6. The molecule has 1 heterocycles. The van der Waals surface area contributed by atoms with Crippen LogP contribution >= 0.6 is 23.2 Å². The van der Waals surface area contributed by atoms with Crippen molar-refractivity contribution < 1.29 is 0 Å². The largest absolute Gasteiger partial charge is 0.231 e. The predicted molar refractivity (Wildman–Crippen MR) is 82.9 cm³/mol. The molecule has 0 aliphatic heterocycles. The number of rotatable bonds is 2. The Kier molecular flexibility index (Phi) is 3.68. The summed E-state index contributed by atoms with van der Waals surface area (Å²) in [7, 11) is 0. The fourth-order valence-electron chi connectivity index (χ4n) is 1.99. The van der Waals surface area contributed by atoms with Crippen LogP contribution in [-0.2, 0) is 0 Å². The highest BCUT2D eigenvalue weighted by atomic mass is 35.5. The molecule has 98 valence electrons. The minimum atomic E-state index is 0.213. The molecule has 3 rings (SSSR count). The lowest BCUT2D eigenvalue weighted by atomic mass is 10.0. The Morgan fingerprint density at radius 3 is 1.25 bits per heavy atom. The van der Waals surface area contributed by atoms with Crippen molar-refractivity contribution in [2.45, 2.75) is 0 Å². The molecule has 0 spiro atoms. The Morgan fingerprint density at radius 1 is 0.550 bits per heavy atom. The van der Waals surface area contributed by atoms with Gasteiger partial charge in [0, 0.05) is 11.1 Å². The molecule has 3 aromatic rings. The smallest absolute Gasteiger partial charge is 0.167 e. The number of halogens is 2. The molecule has 0 aliphatic rings.